The maximum absolute atomic E-state index is 5.57. The average molecular weight is 239 g/mol. The van der Waals surface area contributed by atoms with E-state index >= 15 is 0 Å². The van der Waals surface area contributed by atoms with Crippen LogP contribution >= 0.6 is 11.6 Å². The zero-order valence-corrected chi connectivity index (χ0v) is 9.35. The lowest BCUT2D eigenvalue weighted by atomic mass is 10.2. The second kappa shape index (κ2) is 5.51. The number of rotatable bonds is 5. The largest absolute Gasteiger partial charge is 0.494 e. The number of hydrogen-bond donors (Lipinski definition) is 0. The molecule has 2 rings (SSSR count). The third kappa shape index (κ3) is 2.73. The SMILES string of the molecule is ClCCCOc1cccc(-c2nnco2)c1. The zero-order valence-electron chi connectivity index (χ0n) is 8.60. The summed E-state index contributed by atoms with van der Waals surface area (Å²) in [6, 6.07) is 7.52. The summed E-state index contributed by atoms with van der Waals surface area (Å²) in [5, 5.41) is 7.46. The molecule has 0 bridgehead atoms. The van der Waals surface area contributed by atoms with Gasteiger partial charge in [-0.15, -0.1) is 21.8 Å². The summed E-state index contributed by atoms with van der Waals surface area (Å²) in [7, 11) is 0. The lowest BCUT2D eigenvalue weighted by Gasteiger charge is -2.05. The quantitative estimate of drug-likeness (QED) is 0.594. The molecule has 0 radical (unpaired) electrons. The first kappa shape index (κ1) is 11.0. The van der Waals surface area contributed by atoms with E-state index in [-0.39, 0.29) is 0 Å². The van der Waals surface area contributed by atoms with Crippen LogP contribution < -0.4 is 4.74 Å². The van der Waals surface area contributed by atoms with Gasteiger partial charge in [0.25, 0.3) is 0 Å². The van der Waals surface area contributed by atoms with Gasteiger partial charge in [-0.1, -0.05) is 6.07 Å². The monoisotopic (exact) mass is 238 g/mol. The van der Waals surface area contributed by atoms with Crippen LogP contribution in [0.25, 0.3) is 11.5 Å². The molecule has 0 amide bonds. The summed E-state index contributed by atoms with van der Waals surface area (Å²) in [5.41, 5.74) is 0.848. The fourth-order valence-electron chi connectivity index (χ4n) is 1.26. The molecule has 0 spiro atoms. The van der Waals surface area contributed by atoms with Crippen LogP contribution in [0.15, 0.2) is 35.1 Å². The van der Waals surface area contributed by atoms with E-state index in [1.165, 1.54) is 6.39 Å². The highest BCUT2D eigenvalue weighted by atomic mass is 35.5. The van der Waals surface area contributed by atoms with E-state index in [0.29, 0.717) is 18.4 Å². The molecule has 5 heteroatoms. The van der Waals surface area contributed by atoms with Gasteiger partial charge in [0.05, 0.1) is 6.61 Å². The lowest BCUT2D eigenvalue weighted by Crippen LogP contribution is -1.97. The Hall–Kier alpha value is -1.55. The number of ether oxygens (including phenoxy) is 1. The molecule has 0 fully saturated rings. The molecule has 0 unspecified atom stereocenters. The molecule has 0 saturated carbocycles. The third-order valence-electron chi connectivity index (χ3n) is 1.99. The van der Waals surface area contributed by atoms with Gasteiger partial charge < -0.3 is 9.15 Å². The fourth-order valence-corrected chi connectivity index (χ4v) is 1.37. The molecule has 2 aromatic rings. The average Bonchev–Trinajstić information content (AvgIpc) is 2.83. The Labute approximate surface area is 98.2 Å². The van der Waals surface area contributed by atoms with Gasteiger partial charge in [-0.05, 0) is 24.6 Å². The van der Waals surface area contributed by atoms with E-state index in [1.54, 1.807) is 0 Å². The first-order valence-corrected chi connectivity index (χ1v) is 5.49. The second-order valence-corrected chi connectivity index (χ2v) is 3.54. The Morgan fingerprint density at radius 2 is 2.31 bits per heavy atom. The Bertz CT molecular complexity index is 431. The van der Waals surface area contributed by atoms with Crippen LogP contribution in [0.4, 0.5) is 0 Å². The Morgan fingerprint density at radius 1 is 1.38 bits per heavy atom. The number of halogens is 1. The van der Waals surface area contributed by atoms with Gasteiger partial charge in [-0.3, -0.25) is 0 Å². The van der Waals surface area contributed by atoms with E-state index in [2.05, 4.69) is 10.2 Å². The second-order valence-electron chi connectivity index (χ2n) is 3.16. The molecule has 0 saturated heterocycles. The number of aromatic nitrogens is 2. The normalized spacial score (nSPS) is 10.3. The third-order valence-corrected chi connectivity index (χ3v) is 2.25. The molecular formula is C11H11ClN2O2. The standard InChI is InChI=1S/C11H11ClN2O2/c12-5-2-6-15-10-4-1-3-9(7-10)11-14-13-8-16-11/h1,3-4,7-8H,2,5-6H2. The highest BCUT2D eigenvalue weighted by molar-refractivity contribution is 6.17. The van der Waals surface area contributed by atoms with Crippen molar-refractivity contribution < 1.29 is 9.15 Å². The first-order valence-electron chi connectivity index (χ1n) is 4.95. The molecule has 1 aromatic heterocycles. The molecule has 0 N–H and O–H groups in total. The minimum absolute atomic E-state index is 0.489. The van der Waals surface area contributed by atoms with Gasteiger partial charge in [0.2, 0.25) is 12.3 Å². The van der Waals surface area contributed by atoms with E-state index < -0.39 is 0 Å². The highest BCUT2D eigenvalue weighted by Gasteiger charge is 2.04. The van der Waals surface area contributed by atoms with Crippen LogP contribution in [-0.2, 0) is 0 Å². The summed E-state index contributed by atoms with van der Waals surface area (Å²) < 4.78 is 10.6. The van der Waals surface area contributed by atoms with Gasteiger partial charge in [0, 0.05) is 11.4 Å². The lowest BCUT2D eigenvalue weighted by molar-refractivity contribution is 0.318. The summed E-state index contributed by atoms with van der Waals surface area (Å²) in [6.07, 6.45) is 2.13. The summed E-state index contributed by atoms with van der Waals surface area (Å²) >= 11 is 5.57. The maximum atomic E-state index is 5.57. The molecule has 16 heavy (non-hydrogen) atoms. The Balaban J connectivity index is 2.08. The van der Waals surface area contributed by atoms with Crippen molar-refractivity contribution in [3.63, 3.8) is 0 Å². The highest BCUT2D eigenvalue weighted by Crippen LogP contribution is 2.21. The number of hydrogen-bond acceptors (Lipinski definition) is 4. The molecule has 0 aliphatic rings. The van der Waals surface area contributed by atoms with Crippen molar-refractivity contribution in [2.24, 2.45) is 0 Å². The van der Waals surface area contributed by atoms with Gasteiger partial charge in [0.1, 0.15) is 5.75 Å². The van der Waals surface area contributed by atoms with Crippen molar-refractivity contribution >= 4 is 11.6 Å². The maximum Gasteiger partial charge on any atom is 0.247 e. The number of benzene rings is 1. The molecular weight excluding hydrogens is 228 g/mol. The summed E-state index contributed by atoms with van der Waals surface area (Å²) in [4.78, 5) is 0. The molecule has 0 aliphatic heterocycles. The van der Waals surface area contributed by atoms with E-state index in [0.717, 1.165) is 17.7 Å². The van der Waals surface area contributed by atoms with Gasteiger partial charge in [-0.2, -0.15) is 0 Å². The number of alkyl halides is 1. The molecule has 84 valence electrons. The number of nitrogens with zero attached hydrogens (tertiary/aromatic N) is 2. The first-order chi connectivity index (χ1) is 7.90. The van der Waals surface area contributed by atoms with Gasteiger partial charge >= 0.3 is 0 Å². The van der Waals surface area contributed by atoms with Crippen LogP contribution in [0, 0.1) is 0 Å². The van der Waals surface area contributed by atoms with E-state index in [9.17, 15) is 0 Å². The summed E-state index contributed by atoms with van der Waals surface area (Å²) in [6.45, 7) is 0.608. The van der Waals surface area contributed by atoms with E-state index in [4.69, 9.17) is 20.8 Å². The minimum Gasteiger partial charge on any atom is -0.494 e. The van der Waals surface area contributed by atoms with Crippen molar-refractivity contribution in [3.05, 3.63) is 30.7 Å². The summed E-state index contributed by atoms with van der Waals surface area (Å²) in [5.74, 6) is 1.87. The van der Waals surface area contributed by atoms with Crippen LogP contribution in [0.1, 0.15) is 6.42 Å². The molecule has 4 nitrogen and oxygen atoms in total. The molecule has 0 atom stereocenters. The van der Waals surface area contributed by atoms with Crippen molar-refractivity contribution in [2.75, 3.05) is 12.5 Å². The van der Waals surface area contributed by atoms with Crippen molar-refractivity contribution in [1.29, 1.82) is 0 Å². The van der Waals surface area contributed by atoms with Crippen LogP contribution in [-0.4, -0.2) is 22.7 Å². The van der Waals surface area contributed by atoms with Crippen molar-refractivity contribution in [2.45, 2.75) is 6.42 Å². The van der Waals surface area contributed by atoms with Crippen LogP contribution in [0.5, 0.6) is 5.75 Å². The van der Waals surface area contributed by atoms with E-state index in [1.807, 2.05) is 24.3 Å². The van der Waals surface area contributed by atoms with Crippen molar-refractivity contribution in [3.8, 4) is 17.2 Å². The van der Waals surface area contributed by atoms with Crippen LogP contribution in [0.3, 0.4) is 0 Å². The predicted octanol–water partition coefficient (Wildman–Crippen LogP) is 2.74. The topological polar surface area (TPSA) is 48.2 Å². The Morgan fingerprint density at radius 3 is 3.06 bits per heavy atom. The zero-order chi connectivity index (χ0) is 11.2. The van der Waals surface area contributed by atoms with Crippen LogP contribution in [0.2, 0.25) is 0 Å². The Kier molecular flexibility index (Phi) is 3.77. The minimum atomic E-state index is 0.489. The smallest absolute Gasteiger partial charge is 0.247 e. The fraction of sp³-hybridized carbons (Fsp3) is 0.273. The van der Waals surface area contributed by atoms with Crippen molar-refractivity contribution in [1.82, 2.24) is 10.2 Å². The molecule has 1 heterocycles. The van der Waals surface area contributed by atoms with Gasteiger partial charge in [0.15, 0.2) is 0 Å². The predicted molar refractivity (Wildman–Crippen MR) is 60.6 cm³/mol. The van der Waals surface area contributed by atoms with Gasteiger partial charge in [-0.25, -0.2) is 0 Å². The molecule has 1 aromatic carbocycles. The molecule has 0 aliphatic carbocycles.